The van der Waals surface area contributed by atoms with Gasteiger partial charge in [0.05, 0.1) is 0 Å². The fourth-order valence-electron chi connectivity index (χ4n) is 2.80. The molecule has 1 aromatic carbocycles. The molecule has 0 spiro atoms. The minimum absolute atomic E-state index is 0.147. The van der Waals surface area contributed by atoms with E-state index in [9.17, 15) is 9.18 Å². The molecule has 20 heavy (non-hydrogen) atoms. The minimum atomic E-state index is -0.308. The van der Waals surface area contributed by atoms with E-state index in [1.54, 1.807) is 6.07 Å². The van der Waals surface area contributed by atoms with E-state index in [4.69, 9.17) is 0 Å². The maximum Gasteiger partial charge on any atom is 0.251 e. The molecule has 1 aromatic rings. The molecule has 0 atom stereocenters. The first kappa shape index (κ1) is 13.6. The maximum atomic E-state index is 13.8. The zero-order chi connectivity index (χ0) is 13.9. The van der Waals surface area contributed by atoms with Gasteiger partial charge in [0.25, 0.3) is 5.91 Å². The van der Waals surface area contributed by atoms with Crippen molar-refractivity contribution < 1.29 is 9.18 Å². The minimum Gasteiger partial charge on any atom is -0.352 e. The van der Waals surface area contributed by atoms with Gasteiger partial charge in [0, 0.05) is 12.1 Å². The summed E-state index contributed by atoms with van der Waals surface area (Å²) in [5.74, 6) is 0.544. The molecule has 0 unspecified atom stereocenters. The SMILES string of the molecule is O=C(NCC1CC1)c1cc(F)cc(C2CCNCC2)c1. The predicted molar refractivity (Wildman–Crippen MR) is 76.3 cm³/mol. The lowest BCUT2D eigenvalue weighted by atomic mass is 9.89. The van der Waals surface area contributed by atoms with E-state index in [1.807, 2.05) is 6.07 Å². The summed E-state index contributed by atoms with van der Waals surface area (Å²) in [4.78, 5) is 12.1. The van der Waals surface area contributed by atoms with Crippen LogP contribution in [0, 0.1) is 11.7 Å². The fraction of sp³-hybridized carbons (Fsp3) is 0.562. The molecule has 1 heterocycles. The number of amides is 1. The number of hydrogen-bond donors (Lipinski definition) is 2. The molecular formula is C16H21FN2O. The van der Waals surface area contributed by atoms with Crippen LogP contribution in [0.2, 0.25) is 0 Å². The summed E-state index contributed by atoms with van der Waals surface area (Å²) < 4.78 is 13.8. The number of rotatable bonds is 4. The van der Waals surface area contributed by atoms with Gasteiger partial charge in [0.15, 0.2) is 0 Å². The predicted octanol–water partition coefficient (Wildman–Crippen LogP) is 2.43. The van der Waals surface area contributed by atoms with Gasteiger partial charge in [-0.1, -0.05) is 0 Å². The lowest BCUT2D eigenvalue weighted by Crippen LogP contribution is -2.28. The van der Waals surface area contributed by atoms with Gasteiger partial charge in [-0.25, -0.2) is 4.39 Å². The molecule has 1 aliphatic heterocycles. The highest BCUT2D eigenvalue weighted by Gasteiger charge is 2.22. The molecule has 1 saturated heterocycles. The molecule has 108 valence electrons. The van der Waals surface area contributed by atoms with Crippen LogP contribution in [0.4, 0.5) is 4.39 Å². The number of benzene rings is 1. The van der Waals surface area contributed by atoms with Crippen LogP contribution in [0.15, 0.2) is 18.2 Å². The summed E-state index contributed by atoms with van der Waals surface area (Å²) in [6.07, 6.45) is 4.41. The molecule has 1 amide bonds. The average Bonchev–Trinajstić information content (AvgIpc) is 3.29. The molecule has 2 aliphatic rings. The molecule has 0 aromatic heterocycles. The number of nitrogens with one attached hydrogen (secondary N) is 2. The Morgan fingerprint density at radius 1 is 1.20 bits per heavy atom. The first-order chi connectivity index (χ1) is 9.72. The summed E-state index contributed by atoms with van der Waals surface area (Å²) in [5.41, 5.74) is 1.42. The molecule has 3 nitrogen and oxygen atoms in total. The highest BCUT2D eigenvalue weighted by Crippen LogP contribution is 2.28. The molecule has 4 heteroatoms. The van der Waals surface area contributed by atoms with Crippen molar-refractivity contribution in [3.05, 3.63) is 35.1 Å². The normalized spacial score (nSPS) is 19.9. The first-order valence-electron chi connectivity index (χ1n) is 7.52. The lowest BCUT2D eigenvalue weighted by Gasteiger charge is -2.23. The Morgan fingerprint density at radius 2 is 1.95 bits per heavy atom. The molecular weight excluding hydrogens is 255 g/mol. The maximum absolute atomic E-state index is 13.8. The van der Waals surface area contributed by atoms with Crippen LogP contribution in [-0.4, -0.2) is 25.5 Å². The van der Waals surface area contributed by atoms with Gasteiger partial charge in [-0.2, -0.15) is 0 Å². The molecule has 0 radical (unpaired) electrons. The van der Waals surface area contributed by atoms with E-state index in [-0.39, 0.29) is 11.7 Å². The van der Waals surface area contributed by atoms with Gasteiger partial charge < -0.3 is 10.6 Å². The van der Waals surface area contributed by atoms with E-state index in [0.29, 0.717) is 17.4 Å². The van der Waals surface area contributed by atoms with E-state index in [0.717, 1.165) is 38.0 Å². The van der Waals surface area contributed by atoms with Crippen LogP contribution in [0.1, 0.15) is 47.5 Å². The van der Waals surface area contributed by atoms with Crippen molar-refractivity contribution in [1.82, 2.24) is 10.6 Å². The highest BCUT2D eigenvalue weighted by molar-refractivity contribution is 5.94. The van der Waals surface area contributed by atoms with Gasteiger partial charge in [-0.05, 0) is 74.4 Å². The van der Waals surface area contributed by atoms with E-state index >= 15 is 0 Å². The molecule has 1 saturated carbocycles. The van der Waals surface area contributed by atoms with Crippen LogP contribution in [0.5, 0.6) is 0 Å². The molecule has 1 aliphatic carbocycles. The van der Waals surface area contributed by atoms with Crippen LogP contribution < -0.4 is 10.6 Å². The molecule has 3 rings (SSSR count). The number of halogens is 1. The topological polar surface area (TPSA) is 41.1 Å². The number of piperidine rings is 1. The van der Waals surface area contributed by atoms with Crippen LogP contribution >= 0.6 is 0 Å². The summed E-state index contributed by atoms with van der Waals surface area (Å²) in [7, 11) is 0. The van der Waals surface area contributed by atoms with Gasteiger partial charge in [-0.15, -0.1) is 0 Å². The Kier molecular flexibility index (Phi) is 4.01. The van der Waals surface area contributed by atoms with Gasteiger partial charge in [0.2, 0.25) is 0 Å². The van der Waals surface area contributed by atoms with Crippen molar-refractivity contribution in [2.24, 2.45) is 5.92 Å². The Morgan fingerprint density at radius 3 is 2.65 bits per heavy atom. The smallest absolute Gasteiger partial charge is 0.251 e. The molecule has 2 N–H and O–H groups in total. The second-order valence-electron chi connectivity index (χ2n) is 5.95. The standard InChI is InChI=1S/C16H21FN2O/c17-15-8-13(12-3-5-18-6-4-12)7-14(9-15)16(20)19-10-11-1-2-11/h7-9,11-12,18H,1-6,10H2,(H,19,20). The van der Waals surface area contributed by atoms with Gasteiger partial charge >= 0.3 is 0 Å². The third-order valence-electron chi connectivity index (χ3n) is 4.24. The fourth-order valence-corrected chi connectivity index (χ4v) is 2.80. The van der Waals surface area contributed by atoms with Crippen molar-refractivity contribution in [2.75, 3.05) is 19.6 Å². The van der Waals surface area contributed by atoms with Crippen molar-refractivity contribution in [3.63, 3.8) is 0 Å². The van der Waals surface area contributed by atoms with Crippen molar-refractivity contribution in [1.29, 1.82) is 0 Å². The summed E-state index contributed by atoms with van der Waals surface area (Å²) >= 11 is 0. The Hall–Kier alpha value is -1.42. The molecule has 0 bridgehead atoms. The summed E-state index contributed by atoms with van der Waals surface area (Å²) in [5, 5.41) is 6.20. The van der Waals surface area contributed by atoms with Gasteiger partial charge in [0.1, 0.15) is 5.82 Å². The Labute approximate surface area is 118 Å². The Balaban J connectivity index is 1.72. The Bertz CT molecular complexity index is 493. The van der Waals surface area contributed by atoms with E-state index < -0.39 is 0 Å². The monoisotopic (exact) mass is 276 g/mol. The number of carbonyl (C=O) groups is 1. The van der Waals surface area contributed by atoms with Crippen LogP contribution in [0.25, 0.3) is 0 Å². The first-order valence-corrected chi connectivity index (χ1v) is 7.52. The number of carbonyl (C=O) groups excluding carboxylic acids is 1. The highest BCUT2D eigenvalue weighted by atomic mass is 19.1. The second kappa shape index (κ2) is 5.92. The third kappa shape index (κ3) is 3.37. The largest absolute Gasteiger partial charge is 0.352 e. The average molecular weight is 276 g/mol. The van der Waals surface area contributed by atoms with Crippen LogP contribution in [0.3, 0.4) is 0 Å². The van der Waals surface area contributed by atoms with Crippen LogP contribution in [-0.2, 0) is 0 Å². The van der Waals surface area contributed by atoms with Crippen molar-refractivity contribution in [2.45, 2.75) is 31.6 Å². The van der Waals surface area contributed by atoms with Gasteiger partial charge in [-0.3, -0.25) is 4.79 Å². The van der Waals surface area contributed by atoms with E-state index in [2.05, 4.69) is 10.6 Å². The molecule has 2 fully saturated rings. The quantitative estimate of drug-likeness (QED) is 0.887. The van der Waals surface area contributed by atoms with Crippen molar-refractivity contribution >= 4 is 5.91 Å². The summed E-state index contributed by atoms with van der Waals surface area (Å²) in [6, 6.07) is 4.78. The van der Waals surface area contributed by atoms with E-state index in [1.165, 1.54) is 18.9 Å². The third-order valence-corrected chi connectivity index (χ3v) is 4.24. The van der Waals surface area contributed by atoms with Crippen molar-refractivity contribution in [3.8, 4) is 0 Å². The lowest BCUT2D eigenvalue weighted by molar-refractivity contribution is 0.0951. The number of hydrogen-bond acceptors (Lipinski definition) is 2. The second-order valence-corrected chi connectivity index (χ2v) is 5.95. The zero-order valence-corrected chi connectivity index (χ0v) is 11.6. The zero-order valence-electron chi connectivity index (χ0n) is 11.6. The summed E-state index contributed by atoms with van der Waals surface area (Å²) in [6.45, 7) is 2.65.